The first-order chi connectivity index (χ1) is 6.24. The van der Waals surface area contributed by atoms with Gasteiger partial charge in [0.15, 0.2) is 0 Å². The Balaban J connectivity index is 2.33. The molecule has 1 fully saturated rings. The topological polar surface area (TPSA) is 26.3 Å². The van der Waals surface area contributed by atoms with Crippen LogP contribution < -0.4 is 0 Å². The molecule has 0 aromatic carbocycles. The van der Waals surface area contributed by atoms with Crippen molar-refractivity contribution < 1.29 is 9.53 Å². The number of rotatable bonds is 3. The number of hydrogen-bond acceptors (Lipinski definition) is 2. The molecule has 0 aliphatic heterocycles. The lowest BCUT2D eigenvalue weighted by Crippen LogP contribution is -2.00. The second-order valence-electron chi connectivity index (χ2n) is 3.43. The van der Waals surface area contributed by atoms with Gasteiger partial charge in [-0.25, -0.2) is 4.79 Å². The highest BCUT2D eigenvalue weighted by Gasteiger charge is 2.14. The lowest BCUT2D eigenvalue weighted by atomic mass is 10.0. The summed E-state index contributed by atoms with van der Waals surface area (Å²) in [5, 5.41) is 0. The maximum atomic E-state index is 11.0. The summed E-state index contributed by atoms with van der Waals surface area (Å²) in [4.78, 5) is 11.0. The Bertz CT molecular complexity index is 205. The average Bonchev–Trinajstić information content (AvgIpc) is 2.65. The van der Waals surface area contributed by atoms with E-state index in [-0.39, 0.29) is 5.97 Å². The first-order valence-corrected chi connectivity index (χ1v) is 5.76. The molecule has 0 aromatic heterocycles. The van der Waals surface area contributed by atoms with Gasteiger partial charge in [0, 0.05) is 0 Å². The fraction of sp³-hybridized carbons (Fsp3) is 0.700. The van der Waals surface area contributed by atoms with Gasteiger partial charge in [0.25, 0.3) is 0 Å². The van der Waals surface area contributed by atoms with Gasteiger partial charge in [-0.05, 0) is 34.9 Å². The van der Waals surface area contributed by atoms with Crippen LogP contribution >= 0.6 is 22.6 Å². The molecule has 0 heterocycles. The van der Waals surface area contributed by atoms with Crippen LogP contribution in [0.3, 0.4) is 0 Å². The van der Waals surface area contributed by atoms with Gasteiger partial charge in [-0.15, -0.1) is 0 Å². The highest BCUT2D eigenvalue weighted by atomic mass is 127. The molecule has 1 saturated carbocycles. The molecule has 0 bridgehead atoms. The molecule has 1 aliphatic carbocycles. The number of halogens is 1. The maximum Gasteiger partial charge on any atom is 0.343 e. The van der Waals surface area contributed by atoms with Crippen LogP contribution in [0.25, 0.3) is 0 Å². The van der Waals surface area contributed by atoms with E-state index in [9.17, 15) is 4.79 Å². The molecule has 1 aliphatic rings. The standard InChI is InChI=1S/C10H15IO2/c1-13-10(12)9(11)7-6-8-4-2-3-5-8/h7-8H,2-6H2,1H3/b9-7-. The van der Waals surface area contributed by atoms with Gasteiger partial charge >= 0.3 is 5.97 Å². The van der Waals surface area contributed by atoms with E-state index in [0.29, 0.717) is 3.58 Å². The second kappa shape index (κ2) is 5.62. The molecule has 0 aromatic rings. The van der Waals surface area contributed by atoms with Crippen LogP contribution in [0.1, 0.15) is 32.1 Å². The van der Waals surface area contributed by atoms with Crippen LogP contribution in [-0.4, -0.2) is 13.1 Å². The summed E-state index contributed by atoms with van der Waals surface area (Å²) in [5.74, 6) is 0.591. The van der Waals surface area contributed by atoms with Crippen molar-refractivity contribution in [3.8, 4) is 0 Å². The Labute approximate surface area is 92.9 Å². The summed E-state index contributed by atoms with van der Waals surface area (Å²) in [6, 6.07) is 0. The molecular weight excluding hydrogens is 279 g/mol. The van der Waals surface area contributed by atoms with Crippen LogP contribution in [0.2, 0.25) is 0 Å². The first-order valence-electron chi connectivity index (χ1n) is 4.68. The molecular formula is C10H15IO2. The van der Waals surface area contributed by atoms with E-state index >= 15 is 0 Å². The highest BCUT2D eigenvalue weighted by Crippen LogP contribution is 2.28. The van der Waals surface area contributed by atoms with E-state index in [0.717, 1.165) is 12.3 Å². The van der Waals surface area contributed by atoms with Crippen molar-refractivity contribution in [2.45, 2.75) is 32.1 Å². The fourth-order valence-corrected chi connectivity index (χ4v) is 2.17. The summed E-state index contributed by atoms with van der Waals surface area (Å²) >= 11 is 2.04. The molecule has 3 heteroatoms. The Morgan fingerprint density at radius 3 is 2.69 bits per heavy atom. The molecule has 0 N–H and O–H groups in total. The highest BCUT2D eigenvalue weighted by molar-refractivity contribution is 14.1. The molecule has 2 nitrogen and oxygen atoms in total. The number of carbonyl (C=O) groups excluding carboxylic acids is 1. The van der Waals surface area contributed by atoms with E-state index < -0.39 is 0 Å². The van der Waals surface area contributed by atoms with Gasteiger partial charge < -0.3 is 4.74 Å². The molecule has 0 unspecified atom stereocenters. The summed E-state index contributed by atoms with van der Waals surface area (Å²) in [6.45, 7) is 0. The van der Waals surface area contributed by atoms with Crippen LogP contribution in [0.15, 0.2) is 9.66 Å². The second-order valence-corrected chi connectivity index (χ2v) is 4.59. The predicted octanol–water partition coefficient (Wildman–Crippen LogP) is 3.06. The van der Waals surface area contributed by atoms with Crippen LogP contribution in [-0.2, 0) is 9.53 Å². The van der Waals surface area contributed by atoms with Crippen molar-refractivity contribution in [1.82, 2.24) is 0 Å². The zero-order valence-electron chi connectivity index (χ0n) is 7.88. The lowest BCUT2D eigenvalue weighted by Gasteiger charge is -2.04. The summed E-state index contributed by atoms with van der Waals surface area (Å²) in [6.07, 6.45) is 8.39. The quantitative estimate of drug-likeness (QED) is 0.454. The van der Waals surface area contributed by atoms with E-state index in [4.69, 9.17) is 0 Å². The molecule has 0 saturated heterocycles. The smallest absolute Gasteiger partial charge is 0.343 e. The molecule has 0 radical (unpaired) electrons. The minimum Gasteiger partial charge on any atom is -0.465 e. The third-order valence-electron chi connectivity index (χ3n) is 2.49. The number of hydrogen-bond donors (Lipinski definition) is 0. The summed E-state index contributed by atoms with van der Waals surface area (Å²) in [7, 11) is 1.42. The maximum absolute atomic E-state index is 11.0. The third-order valence-corrected chi connectivity index (χ3v) is 3.37. The summed E-state index contributed by atoms with van der Waals surface area (Å²) < 4.78 is 5.33. The van der Waals surface area contributed by atoms with E-state index in [1.807, 2.05) is 28.7 Å². The minimum absolute atomic E-state index is 0.210. The molecule has 0 amide bonds. The number of methoxy groups -OCH3 is 1. The Morgan fingerprint density at radius 1 is 1.54 bits per heavy atom. The Kier molecular flexibility index (Phi) is 4.77. The molecule has 1 rings (SSSR count). The minimum atomic E-state index is -0.210. The van der Waals surface area contributed by atoms with E-state index in [1.54, 1.807) is 0 Å². The zero-order chi connectivity index (χ0) is 9.68. The Hall–Kier alpha value is -0.0600. The van der Waals surface area contributed by atoms with Gasteiger partial charge in [-0.2, -0.15) is 0 Å². The lowest BCUT2D eigenvalue weighted by molar-refractivity contribution is -0.135. The van der Waals surface area contributed by atoms with Gasteiger partial charge in [0.1, 0.15) is 0 Å². The van der Waals surface area contributed by atoms with E-state index in [2.05, 4.69) is 4.74 Å². The number of ether oxygens (including phenoxy) is 1. The third kappa shape index (κ3) is 3.67. The van der Waals surface area contributed by atoms with Crippen molar-refractivity contribution in [3.05, 3.63) is 9.66 Å². The fourth-order valence-electron chi connectivity index (χ4n) is 1.70. The molecule has 0 atom stereocenters. The average molecular weight is 294 g/mol. The largest absolute Gasteiger partial charge is 0.465 e. The molecule has 0 spiro atoms. The number of carbonyl (C=O) groups is 1. The van der Waals surface area contributed by atoms with Crippen molar-refractivity contribution >= 4 is 28.6 Å². The zero-order valence-corrected chi connectivity index (χ0v) is 10.0. The van der Waals surface area contributed by atoms with Crippen molar-refractivity contribution in [2.75, 3.05) is 7.11 Å². The van der Waals surface area contributed by atoms with Gasteiger partial charge in [-0.1, -0.05) is 31.8 Å². The van der Waals surface area contributed by atoms with Gasteiger partial charge in [0.2, 0.25) is 0 Å². The normalized spacial score (nSPS) is 19.1. The van der Waals surface area contributed by atoms with Crippen LogP contribution in [0.5, 0.6) is 0 Å². The molecule has 13 heavy (non-hydrogen) atoms. The first kappa shape index (κ1) is 11.0. The van der Waals surface area contributed by atoms with Gasteiger partial charge in [0.05, 0.1) is 10.7 Å². The Morgan fingerprint density at radius 2 is 2.15 bits per heavy atom. The predicted molar refractivity (Wildman–Crippen MR) is 60.7 cm³/mol. The van der Waals surface area contributed by atoms with E-state index in [1.165, 1.54) is 32.8 Å². The van der Waals surface area contributed by atoms with Crippen molar-refractivity contribution in [1.29, 1.82) is 0 Å². The molecule has 74 valence electrons. The van der Waals surface area contributed by atoms with Crippen molar-refractivity contribution in [3.63, 3.8) is 0 Å². The number of esters is 1. The van der Waals surface area contributed by atoms with Crippen LogP contribution in [0.4, 0.5) is 0 Å². The summed E-state index contributed by atoms with van der Waals surface area (Å²) in [5.41, 5.74) is 0. The monoisotopic (exact) mass is 294 g/mol. The van der Waals surface area contributed by atoms with Gasteiger partial charge in [-0.3, -0.25) is 0 Å². The SMILES string of the molecule is COC(=O)/C(I)=C/CC1CCCC1. The van der Waals surface area contributed by atoms with Crippen LogP contribution in [0, 0.1) is 5.92 Å². The van der Waals surface area contributed by atoms with Crippen molar-refractivity contribution in [2.24, 2.45) is 5.92 Å². The number of allylic oxidation sites excluding steroid dienone is 1.